The van der Waals surface area contributed by atoms with Crippen molar-refractivity contribution < 1.29 is 0 Å². The van der Waals surface area contributed by atoms with Gasteiger partial charge in [-0.05, 0) is 25.3 Å². The Hall–Kier alpha value is -1.31. The molecular weight excluding hydrogens is 377 g/mol. The van der Waals surface area contributed by atoms with Crippen molar-refractivity contribution in [2.75, 3.05) is 24.5 Å². The number of halogens is 1. The zero-order valence-electron chi connectivity index (χ0n) is 12.3. The van der Waals surface area contributed by atoms with Crippen LogP contribution in [0.1, 0.15) is 24.8 Å². The number of anilines is 1. The first-order chi connectivity index (χ1) is 9.81. The number of nitrogens with two attached hydrogens (primary N) is 1. The van der Waals surface area contributed by atoms with Crippen molar-refractivity contribution in [3.63, 3.8) is 0 Å². The van der Waals surface area contributed by atoms with E-state index in [-0.39, 0.29) is 24.0 Å². The van der Waals surface area contributed by atoms with Gasteiger partial charge < -0.3 is 16.0 Å². The highest BCUT2D eigenvalue weighted by Crippen LogP contribution is 2.22. The highest BCUT2D eigenvalue weighted by molar-refractivity contribution is 14.0. The second-order valence-corrected chi connectivity index (χ2v) is 4.90. The fraction of sp³-hybridized carbons (Fsp3) is 0.467. The van der Waals surface area contributed by atoms with Gasteiger partial charge in [0.05, 0.1) is 6.54 Å². The summed E-state index contributed by atoms with van der Waals surface area (Å²) in [6, 6.07) is 4.02. The monoisotopic (exact) mass is 401 g/mol. The maximum absolute atomic E-state index is 5.79. The molecule has 6 heteroatoms. The Bertz CT molecular complexity index is 469. The van der Waals surface area contributed by atoms with Gasteiger partial charge in [-0.15, -0.1) is 30.6 Å². The fourth-order valence-electron chi connectivity index (χ4n) is 2.35. The second-order valence-electron chi connectivity index (χ2n) is 4.90. The van der Waals surface area contributed by atoms with E-state index in [4.69, 9.17) is 5.73 Å². The van der Waals surface area contributed by atoms with Gasteiger partial charge >= 0.3 is 0 Å². The maximum Gasteiger partial charge on any atom is 0.189 e. The minimum atomic E-state index is 0. The number of hydrogen-bond donors (Lipinski definition) is 2. The SMILES string of the molecule is C=CCNC(N)=NCc1cccnc1N1CCCCC1.I. The highest BCUT2D eigenvalue weighted by Gasteiger charge is 2.15. The molecule has 1 aliphatic heterocycles. The van der Waals surface area contributed by atoms with Gasteiger partial charge in [0.2, 0.25) is 0 Å². The number of aromatic nitrogens is 1. The zero-order valence-corrected chi connectivity index (χ0v) is 14.6. The minimum Gasteiger partial charge on any atom is -0.370 e. The molecule has 0 atom stereocenters. The summed E-state index contributed by atoms with van der Waals surface area (Å²) in [5.74, 6) is 1.49. The van der Waals surface area contributed by atoms with Crippen LogP contribution in [-0.4, -0.2) is 30.6 Å². The molecule has 1 aromatic heterocycles. The van der Waals surface area contributed by atoms with E-state index in [0.717, 1.165) is 24.5 Å². The van der Waals surface area contributed by atoms with E-state index in [9.17, 15) is 0 Å². The molecule has 0 radical (unpaired) electrons. The van der Waals surface area contributed by atoms with Gasteiger partial charge in [-0.1, -0.05) is 12.1 Å². The van der Waals surface area contributed by atoms with E-state index in [1.807, 2.05) is 12.3 Å². The Morgan fingerprint density at radius 2 is 2.19 bits per heavy atom. The average molecular weight is 401 g/mol. The van der Waals surface area contributed by atoms with Crippen LogP contribution < -0.4 is 16.0 Å². The average Bonchev–Trinajstić information content (AvgIpc) is 2.52. The van der Waals surface area contributed by atoms with Gasteiger partial charge in [-0.3, -0.25) is 0 Å². The lowest BCUT2D eigenvalue weighted by atomic mass is 10.1. The summed E-state index contributed by atoms with van der Waals surface area (Å²) >= 11 is 0. The summed E-state index contributed by atoms with van der Waals surface area (Å²) in [5, 5.41) is 2.98. The van der Waals surface area contributed by atoms with Gasteiger partial charge in [-0.2, -0.15) is 0 Å². The van der Waals surface area contributed by atoms with E-state index in [1.54, 1.807) is 6.08 Å². The molecule has 0 saturated carbocycles. The summed E-state index contributed by atoms with van der Waals surface area (Å²) in [6.45, 7) is 6.98. The molecule has 5 nitrogen and oxygen atoms in total. The largest absolute Gasteiger partial charge is 0.370 e. The standard InChI is InChI=1S/C15H23N5.HI/c1-2-8-18-15(16)19-12-13-7-6-9-17-14(13)20-10-4-3-5-11-20;/h2,6-7,9H,1,3-5,8,10-12H2,(H3,16,18,19);1H. The molecule has 3 N–H and O–H groups in total. The zero-order chi connectivity index (χ0) is 14.2. The Morgan fingerprint density at radius 1 is 1.43 bits per heavy atom. The molecule has 1 saturated heterocycles. The Kier molecular flexibility index (Phi) is 8.11. The van der Waals surface area contributed by atoms with E-state index < -0.39 is 0 Å². The van der Waals surface area contributed by atoms with Crippen LogP contribution in [0.2, 0.25) is 0 Å². The van der Waals surface area contributed by atoms with Gasteiger partial charge in [-0.25, -0.2) is 9.98 Å². The van der Waals surface area contributed by atoms with Gasteiger partial charge in [0.25, 0.3) is 0 Å². The summed E-state index contributed by atoms with van der Waals surface area (Å²) in [7, 11) is 0. The van der Waals surface area contributed by atoms with E-state index in [1.165, 1.54) is 19.3 Å². The van der Waals surface area contributed by atoms with E-state index >= 15 is 0 Å². The van der Waals surface area contributed by atoms with Gasteiger partial charge in [0.1, 0.15) is 5.82 Å². The summed E-state index contributed by atoms with van der Waals surface area (Å²) in [6.07, 6.45) is 7.39. The highest BCUT2D eigenvalue weighted by atomic mass is 127. The molecule has 0 aliphatic carbocycles. The normalized spacial score (nSPS) is 15.2. The number of nitrogens with zero attached hydrogens (tertiary/aromatic N) is 3. The molecule has 0 amide bonds. The van der Waals surface area contributed by atoms with Crippen molar-refractivity contribution in [3.8, 4) is 0 Å². The molecule has 2 heterocycles. The Balaban J connectivity index is 0.00000220. The topological polar surface area (TPSA) is 66.5 Å². The van der Waals surface area contributed by atoms with Crippen LogP contribution >= 0.6 is 24.0 Å². The summed E-state index contributed by atoms with van der Waals surface area (Å²) < 4.78 is 0. The third-order valence-corrected chi connectivity index (χ3v) is 3.37. The molecule has 1 aromatic rings. The molecule has 116 valence electrons. The lowest BCUT2D eigenvalue weighted by molar-refractivity contribution is 0.571. The molecule has 1 fully saturated rings. The molecular formula is C15H24IN5. The van der Waals surface area contributed by atoms with Gasteiger partial charge in [0.15, 0.2) is 5.96 Å². The molecule has 1 aliphatic rings. The van der Waals surface area contributed by atoms with Crippen molar-refractivity contribution in [3.05, 3.63) is 36.5 Å². The van der Waals surface area contributed by atoms with Crippen molar-refractivity contribution in [2.24, 2.45) is 10.7 Å². The molecule has 0 spiro atoms. The number of hydrogen-bond acceptors (Lipinski definition) is 3. The Morgan fingerprint density at radius 3 is 2.90 bits per heavy atom. The first-order valence-corrected chi connectivity index (χ1v) is 7.15. The third-order valence-electron chi connectivity index (χ3n) is 3.37. The molecule has 21 heavy (non-hydrogen) atoms. The van der Waals surface area contributed by atoms with Crippen LogP contribution in [0.5, 0.6) is 0 Å². The molecule has 2 rings (SSSR count). The molecule has 0 aromatic carbocycles. The van der Waals surface area contributed by atoms with Crippen molar-refractivity contribution in [1.82, 2.24) is 10.3 Å². The lowest BCUT2D eigenvalue weighted by Crippen LogP contribution is -2.32. The first-order valence-electron chi connectivity index (χ1n) is 7.15. The summed E-state index contributed by atoms with van der Waals surface area (Å²) in [4.78, 5) is 11.2. The van der Waals surface area contributed by atoms with Crippen molar-refractivity contribution in [1.29, 1.82) is 0 Å². The molecule has 0 unspecified atom stereocenters. The van der Waals surface area contributed by atoms with Crippen LogP contribution in [0, 0.1) is 0 Å². The lowest BCUT2D eigenvalue weighted by Gasteiger charge is -2.29. The number of guanidine groups is 1. The minimum absolute atomic E-state index is 0. The number of pyridine rings is 1. The number of aliphatic imine (C=N–C) groups is 1. The van der Waals surface area contributed by atoms with Crippen LogP contribution in [0.25, 0.3) is 0 Å². The predicted octanol–water partition coefficient (Wildman–Crippen LogP) is 2.28. The number of nitrogens with one attached hydrogen (secondary N) is 1. The van der Waals surface area contributed by atoms with Crippen LogP contribution in [-0.2, 0) is 6.54 Å². The quantitative estimate of drug-likeness (QED) is 0.344. The van der Waals surface area contributed by atoms with Crippen molar-refractivity contribution >= 4 is 35.8 Å². The van der Waals surface area contributed by atoms with E-state index in [0.29, 0.717) is 19.0 Å². The first kappa shape index (κ1) is 17.7. The summed E-state index contributed by atoms with van der Waals surface area (Å²) in [5.41, 5.74) is 6.92. The second kappa shape index (κ2) is 9.59. The smallest absolute Gasteiger partial charge is 0.189 e. The third kappa shape index (κ3) is 5.53. The van der Waals surface area contributed by atoms with Gasteiger partial charge in [0, 0.05) is 31.4 Å². The number of piperidine rings is 1. The fourth-order valence-corrected chi connectivity index (χ4v) is 2.35. The van der Waals surface area contributed by atoms with Crippen molar-refractivity contribution in [2.45, 2.75) is 25.8 Å². The number of rotatable bonds is 5. The van der Waals surface area contributed by atoms with E-state index in [2.05, 4.69) is 32.8 Å². The molecule has 0 bridgehead atoms. The van der Waals surface area contributed by atoms with Crippen LogP contribution in [0.3, 0.4) is 0 Å². The predicted molar refractivity (Wildman–Crippen MR) is 99.2 cm³/mol. The van der Waals surface area contributed by atoms with Crippen LogP contribution in [0.15, 0.2) is 36.0 Å². The Labute approximate surface area is 143 Å². The van der Waals surface area contributed by atoms with Crippen LogP contribution in [0.4, 0.5) is 5.82 Å². The maximum atomic E-state index is 5.79.